The van der Waals surface area contributed by atoms with Gasteiger partial charge in [-0.1, -0.05) is 47.0 Å². The van der Waals surface area contributed by atoms with Crippen LogP contribution in [-0.4, -0.2) is 27.2 Å². The van der Waals surface area contributed by atoms with Crippen molar-refractivity contribution in [2.24, 2.45) is 0 Å². The highest BCUT2D eigenvalue weighted by molar-refractivity contribution is 6.33. The molecular formula is C27H28Cl2N2O3. The summed E-state index contributed by atoms with van der Waals surface area (Å²) in [6, 6.07) is 14.9. The van der Waals surface area contributed by atoms with Crippen molar-refractivity contribution in [1.29, 1.82) is 0 Å². The topological polar surface area (TPSA) is 71.5 Å². The van der Waals surface area contributed by atoms with E-state index in [-0.39, 0.29) is 0 Å². The maximum Gasteiger partial charge on any atom is 0.251 e. The average Bonchev–Trinajstić information content (AvgIpc) is 2.74. The van der Waals surface area contributed by atoms with Gasteiger partial charge in [-0.15, -0.1) is 0 Å². The molecule has 1 aliphatic heterocycles. The average molecular weight is 499 g/mol. The second-order valence-electron chi connectivity index (χ2n) is 9.92. The number of carbonyl (C=O) groups excluding carboxylic acids is 1. The fraction of sp³-hybridized carbons (Fsp3) is 0.333. The van der Waals surface area contributed by atoms with Gasteiger partial charge in [0.25, 0.3) is 5.91 Å². The van der Waals surface area contributed by atoms with Crippen LogP contribution in [0.4, 0.5) is 0 Å². The molecule has 5 nitrogen and oxygen atoms in total. The van der Waals surface area contributed by atoms with Crippen LogP contribution < -0.4 is 10.1 Å². The van der Waals surface area contributed by atoms with Crippen molar-refractivity contribution < 1.29 is 14.6 Å². The van der Waals surface area contributed by atoms with Crippen molar-refractivity contribution >= 4 is 29.1 Å². The molecule has 0 aliphatic carbocycles. The minimum Gasteiger partial charge on any atom is -0.471 e. The van der Waals surface area contributed by atoms with E-state index >= 15 is 0 Å². The molecule has 0 spiro atoms. The summed E-state index contributed by atoms with van der Waals surface area (Å²) in [6.07, 6.45) is 0.522. The summed E-state index contributed by atoms with van der Waals surface area (Å²) in [5, 5.41) is 14.4. The standard InChI is InChI=1S/C27H28Cl2N2O3/c1-15-6-11-21(29)19(12-15)23-18(16-7-9-17(28)10-8-16)13-20-22(30-25(32)27(4,5)33)14-26(2,3)34-24(20)31-23/h6-13,22,33H,14H2,1-5H3,(H,30,32). The van der Waals surface area contributed by atoms with Gasteiger partial charge in [0.15, 0.2) is 0 Å². The number of aliphatic hydroxyl groups is 1. The molecule has 3 aromatic rings. The van der Waals surface area contributed by atoms with E-state index in [0.717, 1.165) is 27.8 Å². The Hall–Kier alpha value is -2.60. The molecule has 0 bridgehead atoms. The molecule has 0 radical (unpaired) electrons. The molecule has 1 unspecified atom stereocenters. The number of fused-ring (bicyclic) bond motifs is 1. The van der Waals surface area contributed by atoms with Gasteiger partial charge in [0, 0.05) is 28.1 Å². The fourth-order valence-electron chi connectivity index (χ4n) is 4.09. The van der Waals surface area contributed by atoms with Gasteiger partial charge >= 0.3 is 0 Å². The third-order valence-electron chi connectivity index (χ3n) is 5.85. The van der Waals surface area contributed by atoms with Gasteiger partial charge in [-0.05, 0) is 70.5 Å². The normalized spacial score (nSPS) is 17.0. The Morgan fingerprint density at radius 2 is 1.79 bits per heavy atom. The van der Waals surface area contributed by atoms with E-state index in [4.69, 9.17) is 32.9 Å². The summed E-state index contributed by atoms with van der Waals surface area (Å²) in [7, 11) is 0. The molecular weight excluding hydrogens is 471 g/mol. The summed E-state index contributed by atoms with van der Waals surface area (Å²) in [5.74, 6) is -0.0254. The number of nitrogens with one attached hydrogen (secondary N) is 1. The summed E-state index contributed by atoms with van der Waals surface area (Å²) < 4.78 is 6.27. The van der Waals surface area contributed by atoms with Crippen molar-refractivity contribution in [3.8, 4) is 28.3 Å². The van der Waals surface area contributed by atoms with Gasteiger partial charge in [-0.2, -0.15) is 0 Å². The maximum absolute atomic E-state index is 12.7. The molecule has 1 aliphatic rings. The van der Waals surface area contributed by atoms with E-state index in [1.165, 1.54) is 13.8 Å². The lowest BCUT2D eigenvalue weighted by Gasteiger charge is -2.38. The van der Waals surface area contributed by atoms with Crippen LogP contribution in [0.15, 0.2) is 48.5 Å². The van der Waals surface area contributed by atoms with Crippen molar-refractivity contribution in [1.82, 2.24) is 10.3 Å². The number of halogens is 2. The molecule has 1 aromatic heterocycles. The number of aromatic nitrogens is 1. The Kier molecular flexibility index (Phi) is 6.40. The van der Waals surface area contributed by atoms with Gasteiger partial charge in [0.1, 0.15) is 11.2 Å². The van der Waals surface area contributed by atoms with Gasteiger partial charge < -0.3 is 15.2 Å². The van der Waals surface area contributed by atoms with Gasteiger partial charge in [0.05, 0.1) is 16.8 Å². The van der Waals surface area contributed by atoms with E-state index in [1.54, 1.807) is 0 Å². The Balaban J connectivity index is 1.94. The third-order valence-corrected chi connectivity index (χ3v) is 6.43. The molecule has 2 aromatic carbocycles. The number of carbonyl (C=O) groups is 1. The van der Waals surface area contributed by atoms with Crippen molar-refractivity contribution in [3.63, 3.8) is 0 Å². The lowest BCUT2D eigenvalue weighted by molar-refractivity contribution is -0.137. The lowest BCUT2D eigenvalue weighted by atomic mass is 9.88. The monoisotopic (exact) mass is 498 g/mol. The number of pyridine rings is 1. The van der Waals surface area contributed by atoms with Crippen LogP contribution in [0.25, 0.3) is 22.4 Å². The van der Waals surface area contributed by atoms with Crippen LogP contribution in [0, 0.1) is 6.92 Å². The Bertz CT molecular complexity index is 1250. The number of hydrogen-bond donors (Lipinski definition) is 2. The molecule has 1 atom stereocenters. The third kappa shape index (κ3) is 5.07. The molecule has 0 saturated heterocycles. The first-order chi connectivity index (χ1) is 15.8. The first-order valence-corrected chi connectivity index (χ1v) is 11.9. The number of aryl methyl sites for hydroxylation is 1. The highest BCUT2D eigenvalue weighted by Gasteiger charge is 2.38. The van der Waals surface area contributed by atoms with E-state index < -0.39 is 23.2 Å². The van der Waals surface area contributed by atoms with Crippen LogP contribution in [-0.2, 0) is 4.79 Å². The van der Waals surface area contributed by atoms with Crippen LogP contribution >= 0.6 is 23.2 Å². The summed E-state index contributed by atoms with van der Waals surface area (Å²) in [6.45, 7) is 8.84. The van der Waals surface area contributed by atoms with E-state index in [1.807, 2.05) is 69.3 Å². The minimum absolute atomic E-state index is 0.391. The zero-order valence-electron chi connectivity index (χ0n) is 19.9. The predicted octanol–water partition coefficient (Wildman–Crippen LogP) is 6.52. The molecule has 0 saturated carbocycles. The summed E-state index contributed by atoms with van der Waals surface area (Å²) in [5.41, 5.74) is 2.93. The largest absolute Gasteiger partial charge is 0.471 e. The number of nitrogens with zero attached hydrogens (tertiary/aromatic N) is 1. The number of benzene rings is 2. The highest BCUT2D eigenvalue weighted by atomic mass is 35.5. The van der Waals surface area contributed by atoms with Crippen molar-refractivity contribution in [2.75, 3.05) is 0 Å². The number of rotatable bonds is 4. The molecule has 4 rings (SSSR count). The number of ether oxygens (including phenoxy) is 1. The van der Waals surface area contributed by atoms with Crippen LogP contribution in [0.2, 0.25) is 10.0 Å². The van der Waals surface area contributed by atoms with E-state index in [9.17, 15) is 9.90 Å². The molecule has 2 heterocycles. The highest BCUT2D eigenvalue weighted by Crippen LogP contribution is 2.44. The molecule has 0 fully saturated rings. The van der Waals surface area contributed by atoms with Crippen LogP contribution in [0.5, 0.6) is 5.88 Å². The predicted molar refractivity (Wildman–Crippen MR) is 136 cm³/mol. The Morgan fingerprint density at radius 3 is 2.44 bits per heavy atom. The first-order valence-electron chi connectivity index (χ1n) is 11.1. The summed E-state index contributed by atoms with van der Waals surface area (Å²) >= 11 is 12.8. The van der Waals surface area contributed by atoms with Crippen molar-refractivity contribution in [2.45, 2.75) is 58.3 Å². The SMILES string of the molecule is Cc1ccc(Cl)c(-c2nc3c(cc2-c2ccc(Cl)cc2)C(NC(=O)C(C)(C)O)CC(C)(C)O3)c1. The Labute approximate surface area is 210 Å². The van der Waals surface area contributed by atoms with Crippen LogP contribution in [0.3, 0.4) is 0 Å². The molecule has 34 heavy (non-hydrogen) atoms. The lowest BCUT2D eigenvalue weighted by Crippen LogP contribution is -2.47. The molecule has 1 amide bonds. The Morgan fingerprint density at radius 1 is 1.12 bits per heavy atom. The molecule has 2 N–H and O–H groups in total. The summed E-state index contributed by atoms with van der Waals surface area (Å²) in [4.78, 5) is 17.6. The van der Waals surface area contributed by atoms with E-state index in [2.05, 4.69) is 5.32 Å². The van der Waals surface area contributed by atoms with Crippen molar-refractivity contribution in [3.05, 3.63) is 69.7 Å². The molecule has 7 heteroatoms. The molecule has 178 valence electrons. The fourth-order valence-corrected chi connectivity index (χ4v) is 4.42. The first kappa shape index (κ1) is 24.5. The van der Waals surface area contributed by atoms with Gasteiger partial charge in [0.2, 0.25) is 5.88 Å². The second kappa shape index (κ2) is 8.88. The van der Waals surface area contributed by atoms with Crippen LogP contribution in [0.1, 0.15) is 51.3 Å². The quantitative estimate of drug-likeness (QED) is 0.429. The van der Waals surface area contributed by atoms with Gasteiger partial charge in [-0.3, -0.25) is 4.79 Å². The number of amides is 1. The second-order valence-corrected chi connectivity index (χ2v) is 10.8. The van der Waals surface area contributed by atoms with E-state index in [0.29, 0.717) is 28.0 Å². The number of hydrogen-bond acceptors (Lipinski definition) is 4. The maximum atomic E-state index is 12.7. The smallest absolute Gasteiger partial charge is 0.251 e. The van der Waals surface area contributed by atoms with Gasteiger partial charge in [-0.25, -0.2) is 4.98 Å². The zero-order chi connectivity index (χ0) is 24.8. The minimum atomic E-state index is -1.51. The zero-order valence-corrected chi connectivity index (χ0v) is 21.4.